The number of ether oxygens (including phenoxy) is 1. The summed E-state index contributed by atoms with van der Waals surface area (Å²) in [6.45, 7) is 6.79. The third-order valence-electron chi connectivity index (χ3n) is 3.87. The molecule has 0 bridgehead atoms. The zero-order valence-electron chi connectivity index (χ0n) is 12.9. The van der Waals surface area contributed by atoms with Crippen LogP contribution in [-0.4, -0.2) is 52.6 Å². The van der Waals surface area contributed by atoms with Gasteiger partial charge in [-0.15, -0.1) is 0 Å². The van der Waals surface area contributed by atoms with Crippen LogP contribution in [0.2, 0.25) is 0 Å². The molecule has 0 aromatic rings. The average molecular weight is 307 g/mol. The zero-order valence-corrected chi connectivity index (χ0v) is 13.7. The van der Waals surface area contributed by atoms with E-state index in [4.69, 9.17) is 10.5 Å². The van der Waals surface area contributed by atoms with Gasteiger partial charge < -0.3 is 10.5 Å². The van der Waals surface area contributed by atoms with Crippen molar-refractivity contribution in [2.45, 2.75) is 33.1 Å². The third-order valence-corrected chi connectivity index (χ3v) is 5.39. The molecule has 0 aliphatic carbocycles. The Morgan fingerprint density at radius 2 is 2.15 bits per heavy atom. The Kier molecular flexibility index (Phi) is 6.87. The number of hydrogen-bond donors (Lipinski definition) is 2. The summed E-state index contributed by atoms with van der Waals surface area (Å²) in [6.07, 6.45) is 2.72. The van der Waals surface area contributed by atoms with E-state index in [9.17, 15) is 8.42 Å². The fourth-order valence-corrected chi connectivity index (χ4v) is 3.81. The van der Waals surface area contributed by atoms with Gasteiger partial charge in [0, 0.05) is 33.4 Å². The summed E-state index contributed by atoms with van der Waals surface area (Å²) in [5.74, 6) is 0.279. The number of methoxy groups -OCH3 is 1. The minimum absolute atomic E-state index is 0.119. The van der Waals surface area contributed by atoms with Crippen molar-refractivity contribution in [1.82, 2.24) is 9.03 Å². The van der Waals surface area contributed by atoms with Gasteiger partial charge in [-0.25, -0.2) is 4.72 Å². The number of piperidine rings is 1. The van der Waals surface area contributed by atoms with E-state index in [1.807, 2.05) is 13.8 Å². The summed E-state index contributed by atoms with van der Waals surface area (Å²) >= 11 is 0. The molecule has 1 aliphatic rings. The van der Waals surface area contributed by atoms with E-state index >= 15 is 0 Å². The topological polar surface area (TPSA) is 84.7 Å². The second-order valence-electron chi connectivity index (χ2n) is 6.34. The van der Waals surface area contributed by atoms with Crippen LogP contribution in [0, 0.1) is 11.3 Å². The third kappa shape index (κ3) is 5.65. The minimum atomic E-state index is -3.40. The maximum atomic E-state index is 12.3. The molecule has 20 heavy (non-hydrogen) atoms. The number of hydrogen-bond acceptors (Lipinski definition) is 4. The van der Waals surface area contributed by atoms with Crippen molar-refractivity contribution in [1.29, 1.82) is 0 Å². The molecule has 0 spiro atoms. The highest BCUT2D eigenvalue weighted by Gasteiger charge is 2.29. The van der Waals surface area contributed by atoms with Gasteiger partial charge in [0.1, 0.15) is 0 Å². The Bertz CT molecular complexity index is 384. The first-order valence-corrected chi connectivity index (χ1v) is 8.68. The molecule has 1 atom stereocenters. The Hall–Kier alpha value is -0.210. The van der Waals surface area contributed by atoms with Gasteiger partial charge >= 0.3 is 0 Å². The van der Waals surface area contributed by atoms with Gasteiger partial charge in [0.25, 0.3) is 10.2 Å². The number of nitrogens with zero attached hydrogens (tertiary/aromatic N) is 1. The van der Waals surface area contributed by atoms with Crippen LogP contribution >= 0.6 is 0 Å². The lowest BCUT2D eigenvalue weighted by Crippen LogP contribution is -2.49. The van der Waals surface area contributed by atoms with Gasteiger partial charge in [-0.1, -0.05) is 13.8 Å². The normalized spacial score (nSPS) is 22.1. The predicted molar refractivity (Wildman–Crippen MR) is 80.5 cm³/mol. The highest BCUT2D eigenvalue weighted by Crippen LogP contribution is 2.21. The van der Waals surface area contributed by atoms with E-state index in [-0.39, 0.29) is 11.3 Å². The van der Waals surface area contributed by atoms with Gasteiger partial charge in [0.05, 0.1) is 0 Å². The molecule has 7 heteroatoms. The first-order valence-electron chi connectivity index (χ1n) is 7.24. The minimum Gasteiger partial charge on any atom is -0.385 e. The average Bonchev–Trinajstić information content (AvgIpc) is 2.43. The van der Waals surface area contributed by atoms with E-state index in [1.54, 1.807) is 7.11 Å². The fraction of sp³-hybridized carbons (Fsp3) is 1.00. The summed E-state index contributed by atoms with van der Waals surface area (Å²) in [7, 11) is -1.74. The highest BCUT2D eigenvalue weighted by atomic mass is 32.2. The standard InChI is InChI=1S/C13H29N3O3S/c1-13(2,6-8-19-3)11-15-20(17,18)16-7-4-5-12(9-14)10-16/h12,15H,4-11,14H2,1-3H3. The lowest BCUT2D eigenvalue weighted by Gasteiger charge is -2.32. The molecule has 1 saturated heterocycles. The van der Waals surface area contributed by atoms with Crippen LogP contribution in [0.25, 0.3) is 0 Å². The second-order valence-corrected chi connectivity index (χ2v) is 8.09. The number of nitrogens with one attached hydrogen (secondary N) is 1. The lowest BCUT2D eigenvalue weighted by atomic mass is 9.90. The quantitative estimate of drug-likeness (QED) is 0.686. The molecule has 3 N–H and O–H groups in total. The Morgan fingerprint density at radius 3 is 2.75 bits per heavy atom. The maximum Gasteiger partial charge on any atom is 0.279 e. The summed E-state index contributed by atoms with van der Waals surface area (Å²) in [5, 5.41) is 0. The monoisotopic (exact) mass is 307 g/mol. The van der Waals surface area contributed by atoms with Crippen LogP contribution in [0.1, 0.15) is 33.1 Å². The molecule has 0 saturated carbocycles. The van der Waals surface area contributed by atoms with Gasteiger partial charge in [-0.3, -0.25) is 0 Å². The van der Waals surface area contributed by atoms with E-state index < -0.39 is 10.2 Å². The largest absolute Gasteiger partial charge is 0.385 e. The van der Waals surface area contributed by atoms with E-state index in [1.165, 1.54) is 4.31 Å². The molecule has 0 amide bonds. The molecular formula is C13H29N3O3S. The molecule has 0 aromatic heterocycles. The van der Waals surface area contributed by atoms with Crippen LogP contribution < -0.4 is 10.5 Å². The molecule has 0 radical (unpaired) electrons. The molecule has 1 fully saturated rings. The second kappa shape index (κ2) is 7.70. The van der Waals surface area contributed by atoms with Crippen molar-refractivity contribution in [3.63, 3.8) is 0 Å². The zero-order chi connectivity index (χ0) is 15.2. The molecule has 6 nitrogen and oxygen atoms in total. The first kappa shape index (κ1) is 17.8. The summed E-state index contributed by atoms with van der Waals surface area (Å²) in [5.41, 5.74) is 5.53. The molecule has 1 unspecified atom stereocenters. The SMILES string of the molecule is COCCC(C)(C)CNS(=O)(=O)N1CCCC(CN)C1. The van der Waals surface area contributed by atoms with E-state index in [0.717, 1.165) is 19.3 Å². The Labute approximate surface area is 123 Å². The van der Waals surface area contributed by atoms with Crippen LogP contribution in [-0.2, 0) is 14.9 Å². The van der Waals surface area contributed by atoms with Crippen LogP contribution in [0.4, 0.5) is 0 Å². The van der Waals surface area contributed by atoms with E-state index in [0.29, 0.717) is 32.8 Å². The van der Waals surface area contributed by atoms with Crippen molar-refractivity contribution in [3.8, 4) is 0 Å². The molecule has 1 rings (SSSR count). The summed E-state index contributed by atoms with van der Waals surface area (Å²) < 4.78 is 33.9. The molecule has 1 aliphatic heterocycles. The van der Waals surface area contributed by atoms with Crippen LogP contribution in [0.3, 0.4) is 0 Å². The molecule has 1 heterocycles. The summed E-state index contributed by atoms with van der Waals surface area (Å²) in [4.78, 5) is 0. The predicted octanol–water partition coefficient (Wildman–Crippen LogP) is 0.554. The van der Waals surface area contributed by atoms with Crippen LogP contribution in [0.5, 0.6) is 0 Å². The molecular weight excluding hydrogens is 278 g/mol. The van der Waals surface area contributed by atoms with Gasteiger partial charge in [0.15, 0.2) is 0 Å². The first-order chi connectivity index (χ1) is 9.30. The van der Waals surface area contributed by atoms with Crippen molar-refractivity contribution < 1.29 is 13.2 Å². The van der Waals surface area contributed by atoms with Crippen molar-refractivity contribution in [2.75, 3.05) is 39.9 Å². The van der Waals surface area contributed by atoms with Crippen LogP contribution in [0.15, 0.2) is 0 Å². The maximum absolute atomic E-state index is 12.3. The lowest BCUT2D eigenvalue weighted by molar-refractivity contribution is 0.153. The Morgan fingerprint density at radius 1 is 1.45 bits per heavy atom. The van der Waals surface area contributed by atoms with Gasteiger partial charge in [-0.2, -0.15) is 12.7 Å². The number of rotatable bonds is 8. The van der Waals surface area contributed by atoms with Gasteiger partial charge in [-0.05, 0) is 37.1 Å². The van der Waals surface area contributed by atoms with Crippen molar-refractivity contribution >= 4 is 10.2 Å². The molecule has 120 valence electrons. The fourth-order valence-electron chi connectivity index (χ4n) is 2.28. The molecule has 0 aromatic carbocycles. The van der Waals surface area contributed by atoms with Gasteiger partial charge in [0.2, 0.25) is 0 Å². The van der Waals surface area contributed by atoms with Crippen molar-refractivity contribution in [3.05, 3.63) is 0 Å². The van der Waals surface area contributed by atoms with Crippen molar-refractivity contribution in [2.24, 2.45) is 17.1 Å². The smallest absolute Gasteiger partial charge is 0.279 e. The van der Waals surface area contributed by atoms with E-state index in [2.05, 4.69) is 4.72 Å². The number of nitrogens with two attached hydrogens (primary N) is 1. The summed E-state index contributed by atoms with van der Waals surface area (Å²) in [6, 6.07) is 0. The highest BCUT2D eigenvalue weighted by molar-refractivity contribution is 7.87. The Balaban J connectivity index is 2.52.